The summed E-state index contributed by atoms with van der Waals surface area (Å²) in [5.41, 5.74) is 2.96. The van der Waals surface area contributed by atoms with Gasteiger partial charge in [-0.25, -0.2) is 0 Å². The molecular formula is C20H21Cl2N3O4. The average Bonchev–Trinajstić information content (AvgIpc) is 3.34. The molecule has 0 spiro atoms. The van der Waals surface area contributed by atoms with Crippen LogP contribution < -0.4 is 5.32 Å². The van der Waals surface area contributed by atoms with Gasteiger partial charge in [-0.3, -0.25) is 14.3 Å². The number of benzene rings is 1. The molecule has 2 N–H and O–H groups in total. The van der Waals surface area contributed by atoms with Crippen LogP contribution in [0.5, 0.6) is 0 Å². The number of aromatic nitrogens is 2. The van der Waals surface area contributed by atoms with Gasteiger partial charge in [0.15, 0.2) is 0 Å². The Morgan fingerprint density at radius 1 is 1.21 bits per heavy atom. The van der Waals surface area contributed by atoms with Crippen LogP contribution in [0.4, 0.5) is 5.69 Å². The zero-order valence-corrected chi connectivity index (χ0v) is 17.5. The molecule has 2 aliphatic rings. The van der Waals surface area contributed by atoms with E-state index in [2.05, 4.69) is 10.4 Å². The fourth-order valence-electron chi connectivity index (χ4n) is 4.37. The number of fused-ring (bicyclic) bond motifs is 2. The highest BCUT2D eigenvalue weighted by Crippen LogP contribution is 2.44. The molecule has 0 saturated carbocycles. The van der Waals surface area contributed by atoms with Crippen molar-refractivity contribution in [3.05, 3.63) is 45.2 Å². The van der Waals surface area contributed by atoms with E-state index in [4.69, 9.17) is 27.9 Å². The van der Waals surface area contributed by atoms with Crippen LogP contribution in [0.25, 0.3) is 0 Å². The number of aliphatic carboxylic acids is 1. The van der Waals surface area contributed by atoms with Crippen LogP contribution in [-0.2, 0) is 20.9 Å². The standard InChI is InChI=1S/C20H21Cl2N3O4/c1-9-18(10(2)25(24-9)8-11-3-4-12(21)13(22)7-11)23-19(26)16-14-5-6-15(29-14)17(16)20(27)28/h3-4,7,14-17H,5-6,8H2,1-2H3,(H,23,26)(H,27,28)/t14-,15-,16-,17+/m1/s1. The molecule has 4 rings (SSSR count). The van der Waals surface area contributed by atoms with Gasteiger partial charge in [-0.2, -0.15) is 5.10 Å². The topological polar surface area (TPSA) is 93.5 Å². The lowest BCUT2D eigenvalue weighted by atomic mass is 9.78. The number of halogens is 2. The summed E-state index contributed by atoms with van der Waals surface area (Å²) >= 11 is 12.1. The van der Waals surface area contributed by atoms with Crippen molar-refractivity contribution in [1.82, 2.24) is 9.78 Å². The van der Waals surface area contributed by atoms with E-state index in [1.165, 1.54) is 0 Å². The molecule has 0 radical (unpaired) electrons. The van der Waals surface area contributed by atoms with Crippen molar-refractivity contribution in [3.63, 3.8) is 0 Å². The summed E-state index contributed by atoms with van der Waals surface area (Å²) in [5.74, 6) is -2.81. The van der Waals surface area contributed by atoms with E-state index in [-0.39, 0.29) is 18.1 Å². The van der Waals surface area contributed by atoms with E-state index in [0.717, 1.165) is 11.3 Å². The predicted molar refractivity (Wildman–Crippen MR) is 108 cm³/mol. The number of carbonyl (C=O) groups is 2. The molecule has 1 amide bonds. The third-order valence-corrected chi connectivity index (χ3v) is 6.55. The van der Waals surface area contributed by atoms with Crippen molar-refractivity contribution in [1.29, 1.82) is 0 Å². The molecular weight excluding hydrogens is 417 g/mol. The van der Waals surface area contributed by atoms with E-state index in [0.29, 0.717) is 40.8 Å². The zero-order chi connectivity index (χ0) is 20.9. The number of nitrogens with zero attached hydrogens (tertiary/aromatic N) is 2. The van der Waals surface area contributed by atoms with E-state index in [1.807, 2.05) is 13.0 Å². The average molecular weight is 438 g/mol. The molecule has 7 nitrogen and oxygen atoms in total. The molecule has 2 aliphatic heterocycles. The van der Waals surface area contributed by atoms with E-state index in [9.17, 15) is 14.7 Å². The Bertz CT molecular complexity index is 990. The van der Waals surface area contributed by atoms with Gasteiger partial charge in [0, 0.05) is 0 Å². The number of anilines is 1. The van der Waals surface area contributed by atoms with E-state index < -0.39 is 17.8 Å². The van der Waals surface area contributed by atoms with Crippen molar-refractivity contribution in [3.8, 4) is 0 Å². The maximum absolute atomic E-state index is 13.0. The van der Waals surface area contributed by atoms with Gasteiger partial charge in [-0.15, -0.1) is 0 Å². The van der Waals surface area contributed by atoms with Crippen LogP contribution in [0.2, 0.25) is 10.0 Å². The number of aryl methyl sites for hydroxylation is 1. The highest BCUT2D eigenvalue weighted by Gasteiger charge is 2.55. The predicted octanol–water partition coefficient (Wildman–Crippen LogP) is 3.67. The van der Waals surface area contributed by atoms with E-state index in [1.54, 1.807) is 23.7 Å². The van der Waals surface area contributed by atoms with Crippen LogP contribution in [-0.4, -0.2) is 39.0 Å². The van der Waals surface area contributed by atoms with Gasteiger partial charge in [0.05, 0.1) is 57.7 Å². The van der Waals surface area contributed by atoms with Crippen molar-refractivity contribution in [2.75, 3.05) is 5.32 Å². The number of nitrogens with one attached hydrogen (secondary N) is 1. The molecule has 154 valence electrons. The lowest BCUT2D eigenvalue weighted by Crippen LogP contribution is -2.41. The Morgan fingerprint density at radius 2 is 1.90 bits per heavy atom. The zero-order valence-electron chi connectivity index (χ0n) is 16.0. The highest BCUT2D eigenvalue weighted by molar-refractivity contribution is 6.42. The second kappa shape index (κ2) is 7.63. The first kappa shape index (κ1) is 20.2. The Labute approximate surface area is 177 Å². The smallest absolute Gasteiger partial charge is 0.310 e. The summed E-state index contributed by atoms with van der Waals surface area (Å²) in [6.07, 6.45) is 0.673. The third-order valence-electron chi connectivity index (χ3n) is 5.81. The van der Waals surface area contributed by atoms with Crippen molar-refractivity contribution in [2.45, 2.75) is 45.4 Å². The normalized spacial score (nSPS) is 25.4. The summed E-state index contributed by atoms with van der Waals surface area (Å²) in [7, 11) is 0. The minimum atomic E-state index is -0.985. The van der Waals surface area contributed by atoms with Crippen molar-refractivity contribution >= 4 is 40.8 Å². The van der Waals surface area contributed by atoms with Crippen LogP contribution in [0, 0.1) is 25.7 Å². The molecule has 0 aliphatic carbocycles. The first-order chi connectivity index (χ1) is 13.8. The summed E-state index contributed by atoms with van der Waals surface area (Å²) in [6.45, 7) is 4.13. The highest BCUT2D eigenvalue weighted by atomic mass is 35.5. The van der Waals surface area contributed by atoms with Crippen molar-refractivity contribution in [2.24, 2.45) is 11.8 Å². The Morgan fingerprint density at radius 3 is 2.55 bits per heavy atom. The van der Waals surface area contributed by atoms with Gasteiger partial charge in [-0.05, 0) is 44.4 Å². The molecule has 4 atom stereocenters. The van der Waals surface area contributed by atoms with Gasteiger partial charge < -0.3 is 15.2 Å². The van der Waals surface area contributed by atoms with Gasteiger partial charge in [0.1, 0.15) is 0 Å². The first-order valence-electron chi connectivity index (χ1n) is 9.43. The Balaban J connectivity index is 1.54. The molecule has 1 aromatic carbocycles. The third kappa shape index (κ3) is 3.63. The molecule has 9 heteroatoms. The van der Waals surface area contributed by atoms with Crippen LogP contribution in [0.15, 0.2) is 18.2 Å². The lowest BCUT2D eigenvalue weighted by Gasteiger charge is -2.23. The van der Waals surface area contributed by atoms with Gasteiger partial charge in [-0.1, -0.05) is 29.3 Å². The van der Waals surface area contributed by atoms with Gasteiger partial charge >= 0.3 is 5.97 Å². The number of hydrogen-bond donors (Lipinski definition) is 2. The lowest BCUT2D eigenvalue weighted by molar-refractivity contribution is -0.147. The molecule has 2 bridgehead atoms. The van der Waals surface area contributed by atoms with Gasteiger partial charge in [0.25, 0.3) is 0 Å². The molecule has 2 fully saturated rings. The fraction of sp³-hybridized carbons (Fsp3) is 0.450. The second-order valence-corrected chi connectivity index (χ2v) is 8.44. The first-order valence-corrected chi connectivity index (χ1v) is 10.2. The number of rotatable bonds is 5. The number of carboxylic acids is 1. The fourth-order valence-corrected chi connectivity index (χ4v) is 4.69. The van der Waals surface area contributed by atoms with Crippen LogP contribution >= 0.6 is 23.2 Å². The quantitative estimate of drug-likeness (QED) is 0.743. The van der Waals surface area contributed by atoms with E-state index >= 15 is 0 Å². The summed E-state index contributed by atoms with van der Waals surface area (Å²) < 4.78 is 7.47. The van der Waals surface area contributed by atoms with Crippen LogP contribution in [0.1, 0.15) is 29.8 Å². The molecule has 29 heavy (non-hydrogen) atoms. The number of ether oxygens (including phenoxy) is 1. The minimum absolute atomic E-state index is 0.329. The molecule has 3 heterocycles. The monoisotopic (exact) mass is 437 g/mol. The Hall–Kier alpha value is -2.09. The van der Waals surface area contributed by atoms with Crippen molar-refractivity contribution < 1.29 is 19.4 Å². The summed E-state index contributed by atoms with van der Waals surface area (Å²) in [5, 5.41) is 17.9. The molecule has 2 aromatic rings. The number of carboxylic acid groups (broad SMARTS) is 1. The minimum Gasteiger partial charge on any atom is -0.481 e. The maximum Gasteiger partial charge on any atom is 0.310 e. The molecule has 1 aromatic heterocycles. The number of amides is 1. The molecule has 2 saturated heterocycles. The second-order valence-electron chi connectivity index (χ2n) is 7.62. The summed E-state index contributed by atoms with van der Waals surface area (Å²) in [4.78, 5) is 24.6. The van der Waals surface area contributed by atoms with Gasteiger partial charge in [0.2, 0.25) is 5.91 Å². The molecule has 0 unspecified atom stereocenters. The maximum atomic E-state index is 13.0. The number of hydrogen-bond acceptors (Lipinski definition) is 4. The SMILES string of the molecule is Cc1nn(Cc2ccc(Cl)c(Cl)c2)c(C)c1NC(=O)[C@H]1[C@@H](C(=O)O)[C@H]2CC[C@H]1O2. The summed E-state index contributed by atoms with van der Waals surface area (Å²) in [6, 6.07) is 5.38. The van der Waals surface area contributed by atoms with Crippen LogP contribution in [0.3, 0.4) is 0 Å². The number of carbonyl (C=O) groups excluding carboxylic acids is 1. The largest absolute Gasteiger partial charge is 0.481 e. The Kier molecular flexibility index (Phi) is 5.31.